The Morgan fingerprint density at radius 3 is 2.94 bits per heavy atom. The van der Waals surface area contributed by atoms with Gasteiger partial charge in [0.05, 0.1) is 19.2 Å². The highest BCUT2D eigenvalue weighted by Gasteiger charge is 2.13. The van der Waals surface area contributed by atoms with E-state index < -0.39 is 0 Å². The number of aromatic nitrogens is 1. The number of hydrogen-bond acceptors (Lipinski definition) is 5. The van der Waals surface area contributed by atoms with E-state index in [2.05, 4.69) is 10.3 Å². The van der Waals surface area contributed by atoms with E-state index in [1.54, 1.807) is 23.3 Å². The van der Waals surface area contributed by atoms with Gasteiger partial charge in [0.2, 0.25) is 5.91 Å². The van der Waals surface area contributed by atoms with Gasteiger partial charge in [0.15, 0.2) is 0 Å². The summed E-state index contributed by atoms with van der Waals surface area (Å²) >= 11 is 1.55. The molecule has 0 fully saturated rings. The second kappa shape index (κ2) is 6.68. The molecule has 0 saturated carbocycles. The average molecular weight is 257 g/mol. The third kappa shape index (κ3) is 4.80. The molecule has 0 radical (unpaired) electrons. The predicted octanol–water partition coefficient (Wildman–Crippen LogP) is 0.553. The van der Waals surface area contributed by atoms with Crippen LogP contribution in [-0.2, 0) is 4.79 Å². The summed E-state index contributed by atoms with van der Waals surface area (Å²) in [5.41, 5.74) is 0.975. The van der Waals surface area contributed by atoms with Crippen molar-refractivity contribution in [2.24, 2.45) is 0 Å². The van der Waals surface area contributed by atoms with Crippen LogP contribution in [-0.4, -0.2) is 47.6 Å². The van der Waals surface area contributed by atoms with E-state index >= 15 is 0 Å². The van der Waals surface area contributed by atoms with Crippen molar-refractivity contribution in [1.82, 2.24) is 15.2 Å². The first-order valence-electron chi connectivity index (χ1n) is 5.53. The molecule has 2 N–H and O–H groups in total. The summed E-state index contributed by atoms with van der Waals surface area (Å²) in [7, 11) is 1.80. The molecule has 0 aromatic carbocycles. The lowest BCUT2D eigenvalue weighted by Gasteiger charge is -2.16. The molecule has 1 aromatic rings. The minimum Gasteiger partial charge on any atom is -0.395 e. The maximum Gasteiger partial charge on any atom is 0.234 e. The standard InChI is InChI=1S/C11H19N3O2S/c1-8-7-17-11(12-8)9(2)13-10(16)6-14(3)4-5-15/h7,9,15H,4-6H2,1-3H3,(H,13,16). The fourth-order valence-electron chi connectivity index (χ4n) is 1.41. The van der Waals surface area contributed by atoms with Gasteiger partial charge in [0.25, 0.3) is 0 Å². The van der Waals surface area contributed by atoms with Crippen molar-refractivity contribution >= 4 is 17.2 Å². The van der Waals surface area contributed by atoms with Gasteiger partial charge in [-0.1, -0.05) is 0 Å². The number of aliphatic hydroxyl groups is 1. The summed E-state index contributed by atoms with van der Waals surface area (Å²) in [5.74, 6) is -0.0543. The first-order valence-corrected chi connectivity index (χ1v) is 6.41. The number of aliphatic hydroxyl groups excluding tert-OH is 1. The van der Waals surface area contributed by atoms with Gasteiger partial charge in [-0.15, -0.1) is 11.3 Å². The van der Waals surface area contributed by atoms with Crippen LogP contribution in [0.4, 0.5) is 0 Å². The fraction of sp³-hybridized carbons (Fsp3) is 0.636. The molecular formula is C11H19N3O2S. The van der Waals surface area contributed by atoms with Gasteiger partial charge in [-0.05, 0) is 20.9 Å². The van der Waals surface area contributed by atoms with Crippen molar-refractivity contribution in [1.29, 1.82) is 0 Å². The number of amides is 1. The Kier molecular flexibility index (Phi) is 5.54. The summed E-state index contributed by atoms with van der Waals surface area (Å²) in [6, 6.07) is -0.0660. The van der Waals surface area contributed by atoms with Crippen molar-refractivity contribution in [2.75, 3.05) is 26.7 Å². The molecule has 0 bridgehead atoms. The van der Waals surface area contributed by atoms with Crippen LogP contribution in [0.15, 0.2) is 5.38 Å². The number of nitrogens with one attached hydrogen (secondary N) is 1. The van der Waals surface area contributed by atoms with Crippen LogP contribution in [0, 0.1) is 6.92 Å². The largest absolute Gasteiger partial charge is 0.395 e. The number of carbonyl (C=O) groups is 1. The lowest BCUT2D eigenvalue weighted by atomic mass is 10.3. The first-order chi connectivity index (χ1) is 8.02. The molecule has 0 aliphatic heterocycles. The van der Waals surface area contributed by atoms with E-state index in [-0.39, 0.29) is 25.1 Å². The normalized spacial score (nSPS) is 12.8. The number of carbonyl (C=O) groups excluding carboxylic acids is 1. The number of thiazole rings is 1. The van der Waals surface area contributed by atoms with Gasteiger partial charge in [-0.25, -0.2) is 4.98 Å². The van der Waals surface area contributed by atoms with E-state index in [4.69, 9.17) is 5.11 Å². The highest BCUT2D eigenvalue weighted by molar-refractivity contribution is 7.09. The summed E-state index contributed by atoms with van der Waals surface area (Å²) in [6.07, 6.45) is 0. The second-order valence-electron chi connectivity index (χ2n) is 4.08. The predicted molar refractivity (Wildman–Crippen MR) is 68.0 cm³/mol. The zero-order chi connectivity index (χ0) is 12.8. The van der Waals surface area contributed by atoms with Gasteiger partial charge in [-0.3, -0.25) is 9.69 Å². The summed E-state index contributed by atoms with van der Waals surface area (Å²) in [6.45, 7) is 4.70. The number of likely N-dealkylation sites (N-methyl/N-ethyl adjacent to an activating group) is 1. The highest BCUT2D eigenvalue weighted by atomic mass is 32.1. The third-order valence-corrected chi connectivity index (χ3v) is 3.43. The van der Waals surface area contributed by atoms with Gasteiger partial charge in [0.1, 0.15) is 5.01 Å². The maximum atomic E-state index is 11.7. The smallest absolute Gasteiger partial charge is 0.234 e. The average Bonchev–Trinajstić information content (AvgIpc) is 2.64. The molecule has 1 heterocycles. The minimum absolute atomic E-state index is 0.0543. The highest BCUT2D eigenvalue weighted by Crippen LogP contribution is 2.17. The van der Waals surface area contributed by atoms with Crippen LogP contribution in [0.5, 0.6) is 0 Å². The van der Waals surface area contributed by atoms with Gasteiger partial charge in [0, 0.05) is 17.6 Å². The molecule has 5 nitrogen and oxygen atoms in total. The van der Waals surface area contributed by atoms with Crippen LogP contribution in [0.2, 0.25) is 0 Å². The van der Waals surface area contributed by atoms with Crippen molar-refractivity contribution in [2.45, 2.75) is 19.9 Å². The molecule has 6 heteroatoms. The van der Waals surface area contributed by atoms with E-state index in [0.29, 0.717) is 6.54 Å². The molecule has 96 valence electrons. The molecule has 0 aliphatic rings. The Bertz CT molecular complexity index is 367. The van der Waals surface area contributed by atoms with E-state index in [9.17, 15) is 4.79 Å². The van der Waals surface area contributed by atoms with Gasteiger partial charge < -0.3 is 10.4 Å². The van der Waals surface area contributed by atoms with Crippen molar-refractivity contribution in [3.05, 3.63) is 16.1 Å². The zero-order valence-electron chi connectivity index (χ0n) is 10.4. The van der Waals surface area contributed by atoms with E-state index in [1.165, 1.54) is 0 Å². The van der Waals surface area contributed by atoms with Crippen LogP contribution >= 0.6 is 11.3 Å². The second-order valence-corrected chi connectivity index (χ2v) is 4.97. The van der Waals surface area contributed by atoms with Gasteiger partial charge in [-0.2, -0.15) is 0 Å². The molecule has 17 heavy (non-hydrogen) atoms. The Morgan fingerprint density at radius 1 is 1.71 bits per heavy atom. The summed E-state index contributed by atoms with van der Waals surface area (Å²) in [5, 5.41) is 14.5. The lowest BCUT2D eigenvalue weighted by Crippen LogP contribution is -2.37. The van der Waals surface area contributed by atoms with Crippen LogP contribution in [0.25, 0.3) is 0 Å². The summed E-state index contributed by atoms with van der Waals surface area (Å²) < 4.78 is 0. The van der Waals surface area contributed by atoms with Crippen molar-refractivity contribution in [3.8, 4) is 0 Å². The Hall–Kier alpha value is -0.980. The van der Waals surface area contributed by atoms with Crippen LogP contribution < -0.4 is 5.32 Å². The lowest BCUT2D eigenvalue weighted by molar-refractivity contribution is -0.122. The van der Waals surface area contributed by atoms with Crippen molar-refractivity contribution < 1.29 is 9.90 Å². The quantitative estimate of drug-likeness (QED) is 0.781. The Labute approximate surface area is 105 Å². The molecule has 1 unspecified atom stereocenters. The van der Waals surface area contributed by atoms with Crippen molar-refractivity contribution in [3.63, 3.8) is 0 Å². The van der Waals surface area contributed by atoms with E-state index in [0.717, 1.165) is 10.7 Å². The summed E-state index contributed by atoms with van der Waals surface area (Å²) in [4.78, 5) is 17.8. The fourth-order valence-corrected chi connectivity index (χ4v) is 2.22. The molecule has 0 saturated heterocycles. The number of nitrogens with zero attached hydrogens (tertiary/aromatic N) is 2. The Morgan fingerprint density at radius 2 is 2.41 bits per heavy atom. The first kappa shape index (κ1) is 14.1. The third-order valence-electron chi connectivity index (χ3n) is 2.28. The maximum absolute atomic E-state index is 11.7. The van der Waals surface area contributed by atoms with Crippen LogP contribution in [0.3, 0.4) is 0 Å². The van der Waals surface area contributed by atoms with E-state index in [1.807, 2.05) is 19.2 Å². The number of hydrogen-bond donors (Lipinski definition) is 2. The molecule has 1 rings (SSSR count). The molecule has 1 aromatic heterocycles. The molecular weight excluding hydrogens is 238 g/mol. The SMILES string of the molecule is Cc1csc(C(C)NC(=O)CN(C)CCO)n1. The molecule has 1 amide bonds. The monoisotopic (exact) mass is 257 g/mol. The van der Waals surface area contributed by atoms with Gasteiger partial charge >= 0.3 is 0 Å². The Balaban J connectivity index is 2.40. The van der Waals surface area contributed by atoms with Crippen LogP contribution in [0.1, 0.15) is 23.7 Å². The number of aryl methyl sites for hydroxylation is 1. The molecule has 0 aliphatic carbocycles. The number of rotatable bonds is 6. The zero-order valence-corrected chi connectivity index (χ0v) is 11.3. The minimum atomic E-state index is -0.0660. The molecule has 0 spiro atoms. The molecule has 1 atom stereocenters. The topological polar surface area (TPSA) is 65.5 Å².